The number of quaternary nitrogens is 1. The van der Waals surface area contributed by atoms with Crippen LogP contribution in [0.15, 0.2) is 85.1 Å². The van der Waals surface area contributed by atoms with E-state index in [2.05, 4.69) is 98.9 Å². The summed E-state index contributed by atoms with van der Waals surface area (Å²) < 4.78 is 34.6. The predicted octanol–water partition coefficient (Wildman–Crippen LogP) is 14.2. The van der Waals surface area contributed by atoms with Crippen molar-refractivity contribution in [3.63, 3.8) is 0 Å². The van der Waals surface area contributed by atoms with Crippen molar-refractivity contribution < 1.29 is 37.3 Å². The number of ether oxygens (including phenoxy) is 2. The van der Waals surface area contributed by atoms with Crippen molar-refractivity contribution in [2.45, 2.75) is 187 Å². The molecule has 352 valence electrons. The molecule has 0 amide bonds. The van der Waals surface area contributed by atoms with Crippen molar-refractivity contribution in [3.8, 4) is 0 Å². The maximum absolute atomic E-state index is 12.7. The third-order valence-corrected chi connectivity index (χ3v) is 10.9. The van der Waals surface area contributed by atoms with E-state index in [0.29, 0.717) is 24.1 Å². The molecule has 0 saturated heterocycles. The lowest BCUT2D eigenvalue weighted by molar-refractivity contribution is -0.870. The lowest BCUT2D eigenvalue weighted by atomic mass is 10.1. The summed E-state index contributed by atoms with van der Waals surface area (Å²) in [4.78, 5) is 25.1. The van der Waals surface area contributed by atoms with Crippen LogP contribution in [-0.2, 0) is 27.9 Å². The largest absolute Gasteiger partial charge is 0.756 e. The molecule has 9 heteroatoms. The van der Waals surface area contributed by atoms with Crippen LogP contribution in [0.1, 0.15) is 181 Å². The van der Waals surface area contributed by atoms with Crippen LogP contribution in [0.4, 0.5) is 0 Å². The zero-order chi connectivity index (χ0) is 44.8. The first kappa shape index (κ1) is 58.7. The first-order chi connectivity index (χ1) is 29.6. The standard InChI is InChI=1S/C52H92NO7P/c1-6-8-10-12-14-16-18-20-21-22-23-24-25-26-27-28-29-30-31-32-34-36-38-40-42-44-47-57-49-51(50-59-61(55,56)58-48-46-53(3,4)5)60-52(54)45-43-41-39-37-35-33-19-17-15-13-11-9-7-2/h8,10,14,16-17,19-21,23-24,26-27,29-30,51H,6-7,9,11-13,15,18,22,25,28,31-50H2,1-5H3/b10-8-,16-14-,19-17-,21-20-,24-23-,27-26-,30-29-. The highest BCUT2D eigenvalue weighted by Gasteiger charge is 2.20. The Kier molecular flexibility index (Phi) is 42.6. The minimum atomic E-state index is -4.54. The zero-order valence-electron chi connectivity index (χ0n) is 39.8. The fourth-order valence-electron chi connectivity index (χ4n) is 6.19. The van der Waals surface area contributed by atoms with Gasteiger partial charge in [0.05, 0.1) is 34.4 Å². The SMILES string of the molecule is CC/C=C\C/C=C\C/C=C\C/C=C\C/C=C\C/C=C\CCCCCCCCCOCC(COP(=O)([O-])OCC[N+](C)(C)C)OC(=O)CCCCCCC/C=C\CCCCCC. The third-order valence-electron chi connectivity index (χ3n) is 9.93. The number of carbonyl (C=O) groups excluding carboxylic acids is 1. The van der Waals surface area contributed by atoms with Crippen molar-refractivity contribution in [2.24, 2.45) is 0 Å². The Hall–Kier alpha value is -2.32. The van der Waals surface area contributed by atoms with Gasteiger partial charge in [0.2, 0.25) is 0 Å². The number of hydrogen-bond donors (Lipinski definition) is 0. The molecular weight excluding hydrogens is 782 g/mol. The number of hydrogen-bond acceptors (Lipinski definition) is 7. The molecule has 0 aliphatic heterocycles. The van der Waals surface area contributed by atoms with Gasteiger partial charge in [-0.05, 0) is 89.9 Å². The molecule has 61 heavy (non-hydrogen) atoms. The Morgan fingerprint density at radius 3 is 1.44 bits per heavy atom. The van der Waals surface area contributed by atoms with Gasteiger partial charge in [-0.2, -0.15) is 0 Å². The van der Waals surface area contributed by atoms with E-state index < -0.39 is 13.9 Å². The van der Waals surface area contributed by atoms with Gasteiger partial charge in [-0.3, -0.25) is 9.36 Å². The van der Waals surface area contributed by atoms with Gasteiger partial charge >= 0.3 is 5.97 Å². The summed E-state index contributed by atoms with van der Waals surface area (Å²) >= 11 is 0. The molecule has 0 radical (unpaired) electrons. The van der Waals surface area contributed by atoms with Crippen LogP contribution < -0.4 is 4.89 Å². The summed E-state index contributed by atoms with van der Waals surface area (Å²) in [5, 5.41) is 0. The van der Waals surface area contributed by atoms with Gasteiger partial charge in [-0.25, -0.2) is 0 Å². The molecule has 0 aromatic rings. The Balaban J connectivity index is 4.18. The fraction of sp³-hybridized carbons (Fsp3) is 0.712. The summed E-state index contributed by atoms with van der Waals surface area (Å²) in [6, 6.07) is 0. The van der Waals surface area contributed by atoms with Crippen LogP contribution in [0.5, 0.6) is 0 Å². The lowest BCUT2D eigenvalue weighted by Gasteiger charge is -2.28. The van der Waals surface area contributed by atoms with E-state index in [1.54, 1.807) is 0 Å². The van der Waals surface area contributed by atoms with E-state index in [1.807, 2.05) is 21.1 Å². The number of unbranched alkanes of at least 4 members (excludes halogenated alkanes) is 16. The molecule has 0 N–H and O–H groups in total. The van der Waals surface area contributed by atoms with Crippen molar-refractivity contribution in [1.82, 2.24) is 0 Å². The highest BCUT2D eigenvalue weighted by molar-refractivity contribution is 7.45. The van der Waals surface area contributed by atoms with Gasteiger partial charge in [-0.15, -0.1) is 0 Å². The Labute approximate surface area is 375 Å². The van der Waals surface area contributed by atoms with Gasteiger partial charge < -0.3 is 27.9 Å². The van der Waals surface area contributed by atoms with Gasteiger partial charge in [0.25, 0.3) is 7.82 Å². The minimum Gasteiger partial charge on any atom is -0.756 e. The van der Waals surface area contributed by atoms with E-state index in [0.717, 1.165) is 96.3 Å². The Morgan fingerprint density at radius 1 is 0.525 bits per heavy atom. The van der Waals surface area contributed by atoms with Gasteiger partial charge in [0.1, 0.15) is 19.3 Å². The van der Waals surface area contributed by atoms with Crippen LogP contribution in [-0.4, -0.2) is 70.7 Å². The highest BCUT2D eigenvalue weighted by Crippen LogP contribution is 2.38. The lowest BCUT2D eigenvalue weighted by Crippen LogP contribution is -2.37. The molecule has 0 saturated carbocycles. The van der Waals surface area contributed by atoms with Crippen molar-refractivity contribution in [2.75, 3.05) is 54.1 Å². The number of phosphoric ester groups is 1. The average Bonchev–Trinajstić information content (AvgIpc) is 3.22. The molecular formula is C52H92NO7P. The van der Waals surface area contributed by atoms with Crippen LogP contribution in [0.2, 0.25) is 0 Å². The number of rotatable bonds is 44. The second kappa shape index (κ2) is 44.3. The molecule has 0 aromatic heterocycles. The van der Waals surface area contributed by atoms with Gasteiger partial charge in [0, 0.05) is 13.0 Å². The molecule has 0 rings (SSSR count). The van der Waals surface area contributed by atoms with Crippen molar-refractivity contribution in [3.05, 3.63) is 85.1 Å². The number of carbonyl (C=O) groups is 1. The summed E-state index contributed by atoms with van der Waals surface area (Å²) in [6.45, 7) is 5.23. The van der Waals surface area contributed by atoms with Crippen LogP contribution in [0.25, 0.3) is 0 Å². The van der Waals surface area contributed by atoms with Crippen LogP contribution >= 0.6 is 7.82 Å². The van der Waals surface area contributed by atoms with E-state index in [1.165, 1.54) is 64.2 Å². The van der Waals surface area contributed by atoms with Crippen LogP contribution in [0.3, 0.4) is 0 Å². The first-order valence-electron chi connectivity index (χ1n) is 24.3. The molecule has 0 heterocycles. The maximum Gasteiger partial charge on any atom is 0.306 e. The number of allylic oxidation sites excluding steroid dienone is 14. The van der Waals surface area contributed by atoms with E-state index >= 15 is 0 Å². The van der Waals surface area contributed by atoms with E-state index in [9.17, 15) is 14.3 Å². The predicted molar refractivity (Wildman–Crippen MR) is 258 cm³/mol. The quantitative estimate of drug-likeness (QED) is 0.0198. The molecule has 0 bridgehead atoms. The summed E-state index contributed by atoms with van der Waals surface area (Å²) in [6.07, 6.45) is 58.9. The zero-order valence-corrected chi connectivity index (χ0v) is 40.7. The molecule has 0 aliphatic rings. The monoisotopic (exact) mass is 874 g/mol. The molecule has 2 atom stereocenters. The molecule has 0 aromatic carbocycles. The first-order valence-corrected chi connectivity index (χ1v) is 25.8. The average molecular weight is 874 g/mol. The smallest absolute Gasteiger partial charge is 0.306 e. The van der Waals surface area contributed by atoms with E-state index in [4.69, 9.17) is 18.5 Å². The number of likely N-dealkylation sites (N-methyl/N-ethyl adjacent to an activating group) is 1. The summed E-state index contributed by atoms with van der Waals surface area (Å²) in [7, 11) is 1.33. The van der Waals surface area contributed by atoms with Crippen molar-refractivity contribution >= 4 is 13.8 Å². The highest BCUT2D eigenvalue weighted by atomic mass is 31.2. The molecule has 0 aliphatic carbocycles. The molecule has 8 nitrogen and oxygen atoms in total. The molecule has 0 fully saturated rings. The second-order valence-electron chi connectivity index (χ2n) is 17.1. The normalized spacial score (nSPS) is 14.4. The minimum absolute atomic E-state index is 0.0179. The summed E-state index contributed by atoms with van der Waals surface area (Å²) in [5.41, 5.74) is 0. The second-order valence-corrected chi connectivity index (χ2v) is 18.5. The third kappa shape index (κ3) is 48.6. The maximum atomic E-state index is 12.7. The number of phosphoric acid groups is 1. The fourth-order valence-corrected chi connectivity index (χ4v) is 6.92. The molecule has 2 unspecified atom stereocenters. The number of nitrogens with zero attached hydrogens (tertiary/aromatic N) is 1. The van der Waals surface area contributed by atoms with Crippen LogP contribution in [0, 0.1) is 0 Å². The Bertz CT molecular complexity index is 1250. The topological polar surface area (TPSA) is 94.1 Å². The number of esters is 1. The Morgan fingerprint density at radius 2 is 0.951 bits per heavy atom. The summed E-state index contributed by atoms with van der Waals surface area (Å²) in [5.74, 6) is -0.351. The van der Waals surface area contributed by atoms with Crippen molar-refractivity contribution in [1.29, 1.82) is 0 Å². The van der Waals surface area contributed by atoms with Gasteiger partial charge in [0.15, 0.2) is 0 Å². The molecule has 0 spiro atoms. The van der Waals surface area contributed by atoms with E-state index in [-0.39, 0.29) is 25.8 Å². The van der Waals surface area contributed by atoms with Gasteiger partial charge in [-0.1, -0.05) is 170 Å².